The number of hydrogen-bond donors (Lipinski definition) is 2. The summed E-state index contributed by atoms with van der Waals surface area (Å²) >= 11 is 0. The highest BCUT2D eigenvalue weighted by Crippen LogP contribution is 2.16. The molecule has 6 heteroatoms. The number of aliphatic hydroxyl groups excluding tert-OH is 2. The first-order chi connectivity index (χ1) is 15.6. The molecule has 0 saturated heterocycles. The van der Waals surface area contributed by atoms with Gasteiger partial charge in [-0.1, -0.05) is 62.4 Å². The summed E-state index contributed by atoms with van der Waals surface area (Å²) in [5.74, 6) is 0.317. The lowest BCUT2D eigenvalue weighted by atomic mass is 10.0. The van der Waals surface area contributed by atoms with Gasteiger partial charge in [-0.25, -0.2) is 0 Å². The van der Waals surface area contributed by atoms with Crippen molar-refractivity contribution in [3.63, 3.8) is 0 Å². The van der Waals surface area contributed by atoms with Crippen LogP contribution in [0.25, 0.3) is 0 Å². The second-order valence-electron chi connectivity index (χ2n) is 7.98. The van der Waals surface area contributed by atoms with Gasteiger partial charge in [-0.2, -0.15) is 0 Å². The molecule has 0 bridgehead atoms. The van der Waals surface area contributed by atoms with Gasteiger partial charge in [-0.3, -0.25) is 0 Å². The zero-order valence-electron chi connectivity index (χ0n) is 19.4. The lowest BCUT2D eigenvalue weighted by Gasteiger charge is -2.10. The van der Waals surface area contributed by atoms with Crippen LogP contribution in [0.3, 0.4) is 0 Å². The quantitative estimate of drug-likeness (QED) is 0.361. The molecule has 2 N–H and O–H groups in total. The third-order valence-corrected chi connectivity index (χ3v) is 5.30. The third-order valence-electron chi connectivity index (χ3n) is 5.30. The summed E-state index contributed by atoms with van der Waals surface area (Å²) in [6, 6.07) is 16.3. The van der Waals surface area contributed by atoms with E-state index in [0.29, 0.717) is 52.9 Å². The fourth-order valence-corrected chi connectivity index (χ4v) is 3.03. The minimum atomic E-state index is 0.157. The summed E-state index contributed by atoms with van der Waals surface area (Å²) in [5.41, 5.74) is 4.48. The van der Waals surface area contributed by atoms with Crippen LogP contribution in [0.2, 0.25) is 0 Å². The van der Waals surface area contributed by atoms with Crippen molar-refractivity contribution in [3.8, 4) is 0 Å². The Morgan fingerprint density at radius 1 is 0.531 bits per heavy atom. The van der Waals surface area contributed by atoms with Crippen LogP contribution in [0.1, 0.15) is 47.9 Å². The number of hydrogen-bond acceptors (Lipinski definition) is 6. The van der Waals surface area contributed by atoms with Gasteiger partial charge in [0.25, 0.3) is 0 Å². The molecule has 0 aromatic heterocycles. The van der Waals surface area contributed by atoms with Crippen molar-refractivity contribution in [2.75, 3.05) is 52.9 Å². The lowest BCUT2D eigenvalue weighted by Crippen LogP contribution is -2.12. The van der Waals surface area contributed by atoms with Gasteiger partial charge in [0, 0.05) is 25.0 Å². The number of aliphatic hydroxyl groups is 2. The molecule has 0 aliphatic heterocycles. The highest BCUT2D eigenvalue weighted by molar-refractivity contribution is 5.25. The Labute approximate surface area is 192 Å². The molecule has 2 atom stereocenters. The Bertz CT molecular complexity index is 653. The molecule has 0 aliphatic carbocycles. The molecule has 2 unspecified atom stereocenters. The van der Waals surface area contributed by atoms with E-state index in [2.05, 4.69) is 0 Å². The largest absolute Gasteiger partial charge is 0.396 e. The van der Waals surface area contributed by atoms with E-state index < -0.39 is 0 Å². The minimum absolute atomic E-state index is 0.157. The molecule has 0 spiro atoms. The Morgan fingerprint density at radius 2 is 0.844 bits per heavy atom. The topological polar surface area (TPSA) is 77.4 Å². The second kappa shape index (κ2) is 15.9. The van der Waals surface area contributed by atoms with E-state index in [1.807, 2.05) is 62.4 Å². The van der Waals surface area contributed by atoms with Crippen LogP contribution in [-0.4, -0.2) is 63.1 Å². The normalized spacial score (nSPS) is 13.2. The van der Waals surface area contributed by atoms with Gasteiger partial charge in [0.05, 0.1) is 52.9 Å². The van der Waals surface area contributed by atoms with E-state index in [0.717, 1.165) is 22.3 Å². The first kappa shape index (κ1) is 26.5. The van der Waals surface area contributed by atoms with Gasteiger partial charge < -0.3 is 29.2 Å². The van der Waals surface area contributed by atoms with E-state index in [1.165, 1.54) is 0 Å². The molecular weight excluding hydrogens is 408 g/mol. The minimum Gasteiger partial charge on any atom is -0.396 e. The van der Waals surface area contributed by atoms with Crippen molar-refractivity contribution in [2.45, 2.75) is 38.9 Å². The van der Waals surface area contributed by atoms with Crippen LogP contribution in [0, 0.1) is 0 Å². The standard InChI is InChI=1S/C26H38O6/c1-21(17-27)25-7-3-23(4-8-25)19-31-15-13-29-11-12-30-14-16-32-20-24-5-9-26(10-6-24)22(2)18-28/h3-10,21-22,27-28H,11-20H2,1-2H3. The number of ether oxygens (including phenoxy) is 4. The maximum atomic E-state index is 9.19. The van der Waals surface area contributed by atoms with Crippen LogP contribution in [0.5, 0.6) is 0 Å². The predicted octanol–water partition coefficient (Wildman–Crippen LogP) is 3.64. The zero-order chi connectivity index (χ0) is 23.0. The van der Waals surface area contributed by atoms with Crippen LogP contribution < -0.4 is 0 Å². The molecule has 2 rings (SSSR count). The second-order valence-corrected chi connectivity index (χ2v) is 7.98. The fourth-order valence-electron chi connectivity index (χ4n) is 3.03. The molecule has 0 amide bonds. The van der Waals surface area contributed by atoms with Crippen LogP contribution in [0.15, 0.2) is 48.5 Å². The van der Waals surface area contributed by atoms with Gasteiger partial charge >= 0.3 is 0 Å². The van der Waals surface area contributed by atoms with E-state index in [4.69, 9.17) is 18.9 Å². The monoisotopic (exact) mass is 446 g/mol. The number of benzene rings is 2. The summed E-state index contributed by atoms with van der Waals surface area (Å²) in [7, 11) is 0. The Kier molecular flexibility index (Phi) is 13.2. The van der Waals surface area contributed by atoms with Crippen molar-refractivity contribution in [3.05, 3.63) is 70.8 Å². The SMILES string of the molecule is CC(CO)c1ccc(COCCOCCOCCOCc2ccc(C(C)CO)cc2)cc1. The summed E-state index contributed by atoms with van der Waals surface area (Å²) in [6.07, 6.45) is 0. The van der Waals surface area contributed by atoms with E-state index in [9.17, 15) is 10.2 Å². The summed E-state index contributed by atoms with van der Waals surface area (Å²) < 4.78 is 22.3. The third kappa shape index (κ3) is 10.2. The van der Waals surface area contributed by atoms with Crippen molar-refractivity contribution in [2.24, 2.45) is 0 Å². The average molecular weight is 447 g/mol. The first-order valence-electron chi connectivity index (χ1n) is 11.3. The molecule has 0 heterocycles. The Morgan fingerprint density at radius 3 is 1.16 bits per heavy atom. The molecule has 32 heavy (non-hydrogen) atoms. The average Bonchev–Trinajstić information content (AvgIpc) is 2.84. The van der Waals surface area contributed by atoms with Crippen LogP contribution in [-0.2, 0) is 32.2 Å². The maximum absolute atomic E-state index is 9.19. The molecule has 6 nitrogen and oxygen atoms in total. The fraction of sp³-hybridized carbons (Fsp3) is 0.538. The van der Waals surface area contributed by atoms with Crippen LogP contribution in [0.4, 0.5) is 0 Å². The van der Waals surface area contributed by atoms with Gasteiger partial charge in [0.2, 0.25) is 0 Å². The lowest BCUT2D eigenvalue weighted by molar-refractivity contribution is -0.00619. The Hall–Kier alpha value is -1.80. The van der Waals surface area contributed by atoms with Gasteiger partial charge in [-0.15, -0.1) is 0 Å². The van der Waals surface area contributed by atoms with Crippen molar-refractivity contribution < 1.29 is 29.2 Å². The predicted molar refractivity (Wildman–Crippen MR) is 125 cm³/mol. The smallest absolute Gasteiger partial charge is 0.0718 e. The van der Waals surface area contributed by atoms with E-state index in [-0.39, 0.29) is 25.0 Å². The highest BCUT2D eigenvalue weighted by atomic mass is 16.6. The summed E-state index contributed by atoms with van der Waals surface area (Å²) in [5, 5.41) is 18.4. The van der Waals surface area contributed by atoms with Crippen molar-refractivity contribution >= 4 is 0 Å². The van der Waals surface area contributed by atoms with E-state index in [1.54, 1.807) is 0 Å². The Balaban J connectivity index is 1.40. The van der Waals surface area contributed by atoms with Crippen LogP contribution >= 0.6 is 0 Å². The maximum Gasteiger partial charge on any atom is 0.0718 e. The molecule has 0 saturated carbocycles. The summed E-state index contributed by atoms with van der Waals surface area (Å²) in [6.45, 7) is 8.61. The zero-order valence-corrected chi connectivity index (χ0v) is 19.4. The van der Waals surface area contributed by atoms with Crippen molar-refractivity contribution in [1.82, 2.24) is 0 Å². The molecule has 0 radical (unpaired) electrons. The van der Waals surface area contributed by atoms with Gasteiger partial charge in [0.15, 0.2) is 0 Å². The highest BCUT2D eigenvalue weighted by Gasteiger charge is 2.04. The molecule has 2 aromatic rings. The molecule has 2 aromatic carbocycles. The molecule has 178 valence electrons. The van der Waals surface area contributed by atoms with E-state index >= 15 is 0 Å². The molecule has 0 fully saturated rings. The van der Waals surface area contributed by atoms with Gasteiger partial charge in [0.1, 0.15) is 0 Å². The first-order valence-corrected chi connectivity index (χ1v) is 11.3. The van der Waals surface area contributed by atoms with Crippen molar-refractivity contribution in [1.29, 1.82) is 0 Å². The number of rotatable bonds is 17. The molecule has 0 aliphatic rings. The molecular formula is C26H38O6. The summed E-state index contributed by atoms with van der Waals surface area (Å²) in [4.78, 5) is 0. The van der Waals surface area contributed by atoms with Gasteiger partial charge in [-0.05, 0) is 22.3 Å².